The molecule has 3 aromatic rings. The Hall–Kier alpha value is -2.54. The summed E-state index contributed by atoms with van der Waals surface area (Å²) < 4.78 is 15.5. The summed E-state index contributed by atoms with van der Waals surface area (Å²) in [4.78, 5) is 0. The predicted octanol–water partition coefficient (Wildman–Crippen LogP) is 3.65. The lowest BCUT2D eigenvalue weighted by Gasteiger charge is -2.02. The molecular formula is C15H11BrFN5. The molecule has 0 fully saturated rings. The minimum absolute atomic E-state index is 0.300. The maximum atomic E-state index is 13.0. The molecule has 0 spiro atoms. The smallest absolute Gasteiger partial charge is 0.181 e. The number of benzene rings is 2. The Bertz CT molecular complexity index is 780. The molecule has 0 aliphatic carbocycles. The largest absolute Gasteiger partial charge is 0.362 e. The van der Waals surface area contributed by atoms with Crippen LogP contribution in [-0.2, 0) is 0 Å². The van der Waals surface area contributed by atoms with Crippen LogP contribution >= 0.6 is 15.9 Å². The minimum Gasteiger partial charge on any atom is -0.362 e. The van der Waals surface area contributed by atoms with Crippen molar-refractivity contribution in [3.63, 3.8) is 0 Å². The van der Waals surface area contributed by atoms with Crippen LogP contribution in [0.5, 0.6) is 0 Å². The summed E-state index contributed by atoms with van der Waals surface area (Å²) in [6.07, 6.45) is 3.49. The SMILES string of the molecule is Fc1ccc(-n2nnnc2/C=C\Nc2ccc(Br)cc2)cc1. The molecule has 0 amide bonds. The third kappa shape index (κ3) is 3.37. The number of tetrazole rings is 1. The van der Waals surface area contributed by atoms with Crippen LogP contribution in [0.15, 0.2) is 59.2 Å². The van der Waals surface area contributed by atoms with Gasteiger partial charge in [-0.1, -0.05) is 15.9 Å². The fraction of sp³-hybridized carbons (Fsp3) is 0. The van der Waals surface area contributed by atoms with Crippen LogP contribution in [0, 0.1) is 5.82 Å². The zero-order valence-corrected chi connectivity index (χ0v) is 12.9. The van der Waals surface area contributed by atoms with Crippen LogP contribution < -0.4 is 5.32 Å². The van der Waals surface area contributed by atoms with Crippen LogP contribution in [0.3, 0.4) is 0 Å². The second-order valence-corrected chi connectivity index (χ2v) is 5.33. The Kier molecular flexibility index (Phi) is 4.24. The summed E-state index contributed by atoms with van der Waals surface area (Å²) in [6.45, 7) is 0. The van der Waals surface area contributed by atoms with Crippen molar-refractivity contribution in [2.24, 2.45) is 0 Å². The van der Waals surface area contributed by atoms with E-state index < -0.39 is 0 Å². The first-order chi connectivity index (χ1) is 10.7. The van der Waals surface area contributed by atoms with Gasteiger partial charge in [-0.15, -0.1) is 5.10 Å². The quantitative estimate of drug-likeness (QED) is 0.772. The average molecular weight is 360 g/mol. The highest BCUT2D eigenvalue weighted by Crippen LogP contribution is 2.14. The van der Waals surface area contributed by atoms with Crippen molar-refractivity contribution >= 4 is 27.7 Å². The molecule has 0 bridgehead atoms. The minimum atomic E-state index is -0.300. The summed E-state index contributed by atoms with van der Waals surface area (Å²) in [5.74, 6) is 0.238. The lowest BCUT2D eigenvalue weighted by molar-refractivity contribution is 0.626. The van der Waals surface area contributed by atoms with E-state index in [2.05, 4.69) is 36.8 Å². The van der Waals surface area contributed by atoms with E-state index in [0.29, 0.717) is 11.5 Å². The fourth-order valence-electron chi connectivity index (χ4n) is 1.82. The van der Waals surface area contributed by atoms with Gasteiger partial charge in [0.2, 0.25) is 0 Å². The van der Waals surface area contributed by atoms with Crippen molar-refractivity contribution in [3.05, 3.63) is 70.8 Å². The number of halogens is 2. The summed E-state index contributed by atoms with van der Waals surface area (Å²) in [6, 6.07) is 13.7. The monoisotopic (exact) mass is 359 g/mol. The van der Waals surface area contributed by atoms with Gasteiger partial charge in [-0.05, 0) is 59.0 Å². The van der Waals surface area contributed by atoms with Gasteiger partial charge in [0, 0.05) is 22.4 Å². The molecule has 0 aliphatic heterocycles. The van der Waals surface area contributed by atoms with E-state index in [9.17, 15) is 4.39 Å². The van der Waals surface area contributed by atoms with Gasteiger partial charge in [0.1, 0.15) is 5.82 Å². The summed E-state index contributed by atoms with van der Waals surface area (Å²) in [5.41, 5.74) is 1.63. The van der Waals surface area contributed by atoms with Gasteiger partial charge in [-0.25, -0.2) is 4.39 Å². The molecule has 5 nitrogen and oxygen atoms in total. The molecule has 3 rings (SSSR count). The normalized spacial score (nSPS) is 11.0. The van der Waals surface area contributed by atoms with Crippen molar-refractivity contribution in [2.75, 3.05) is 5.32 Å². The average Bonchev–Trinajstić information content (AvgIpc) is 2.98. The Balaban J connectivity index is 1.76. The Morgan fingerprint density at radius 3 is 2.50 bits per heavy atom. The topological polar surface area (TPSA) is 55.6 Å². The molecule has 7 heteroatoms. The highest BCUT2D eigenvalue weighted by molar-refractivity contribution is 9.10. The molecule has 22 heavy (non-hydrogen) atoms. The van der Waals surface area contributed by atoms with Crippen molar-refractivity contribution in [1.82, 2.24) is 20.2 Å². The van der Waals surface area contributed by atoms with Crippen molar-refractivity contribution in [3.8, 4) is 5.69 Å². The highest BCUT2D eigenvalue weighted by atomic mass is 79.9. The number of anilines is 1. The third-order valence-corrected chi connectivity index (χ3v) is 3.42. The molecule has 0 unspecified atom stereocenters. The van der Waals surface area contributed by atoms with Crippen LogP contribution in [0.2, 0.25) is 0 Å². The van der Waals surface area contributed by atoms with Gasteiger partial charge in [-0.3, -0.25) is 0 Å². The van der Waals surface area contributed by atoms with Gasteiger partial charge >= 0.3 is 0 Å². The van der Waals surface area contributed by atoms with Gasteiger partial charge in [0.05, 0.1) is 5.69 Å². The van der Waals surface area contributed by atoms with Crippen molar-refractivity contribution < 1.29 is 4.39 Å². The first-order valence-corrected chi connectivity index (χ1v) is 7.25. The first-order valence-electron chi connectivity index (χ1n) is 6.45. The van der Waals surface area contributed by atoms with Gasteiger partial charge < -0.3 is 5.32 Å². The van der Waals surface area contributed by atoms with E-state index in [1.165, 1.54) is 16.8 Å². The number of aromatic nitrogens is 4. The summed E-state index contributed by atoms with van der Waals surface area (Å²) in [7, 11) is 0. The van der Waals surface area contributed by atoms with Gasteiger partial charge in [-0.2, -0.15) is 4.68 Å². The van der Waals surface area contributed by atoms with Crippen LogP contribution in [0.4, 0.5) is 10.1 Å². The van der Waals surface area contributed by atoms with E-state index in [-0.39, 0.29) is 5.82 Å². The van der Waals surface area contributed by atoms with Crippen molar-refractivity contribution in [1.29, 1.82) is 0 Å². The molecule has 1 heterocycles. The number of hydrogen-bond acceptors (Lipinski definition) is 4. The Morgan fingerprint density at radius 1 is 1.05 bits per heavy atom. The highest BCUT2D eigenvalue weighted by Gasteiger charge is 2.05. The molecule has 1 aromatic heterocycles. The van der Waals surface area contributed by atoms with E-state index in [1.54, 1.807) is 24.4 Å². The van der Waals surface area contributed by atoms with Gasteiger partial charge in [0.15, 0.2) is 5.82 Å². The van der Waals surface area contributed by atoms with E-state index >= 15 is 0 Å². The van der Waals surface area contributed by atoms with E-state index in [4.69, 9.17) is 0 Å². The van der Waals surface area contributed by atoms with Crippen LogP contribution in [0.1, 0.15) is 5.82 Å². The fourth-order valence-corrected chi connectivity index (χ4v) is 2.09. The maximum Gasteiger partial charge on any atom is 0.181 e. The van der Waals surface area contributed by atoms with Crippen LogP contribution in [-0.4, -0.2) is 20.2 Å². The number of rotatable bonds is 4. The number of hydrogen-bond donors (Lipinski definition) is 1. The van der Waals surface area contributed by atoms with Crippen molar-refractivity contribution in [2.45, 2.75) is 0 Å². The van der Waals surface area contributed by atoms with Crippen LogP contribution in [0.25, 0.3) is 11.8 Å². The maximum absolute atomic E-state index is 13.0. The molecule has 0 saturated carbocycles. The zero-order valence-electron chi connectivity index (χ0n) is 11.3. The third-order valence-electron chi connectivity index (χ3n) is 2.89. The molecule has 0 atom stereocenters. The standard InChI is InChI=1S/C15H11BrFN5/c16-11-1-5-13(6-2-11)18-10-9-15-19-20-21-22(15)14-7-3-12(17)4-8-14/h1-10,18H/b10-9-. The molecule has 0 saturated heterocycles. The number of nitrogens with zero attached hydrogens (tertiary/aromatic N) is 4. The molecule has 0 radical (unpaired) electrons. The predicted molar refractivity (Wildman–Crippen MR) is 85.9 cm³/mol. The number of nitrogens with one attached hydrogen (secondary N) is 1. The lowest BCUT2D eigenvalue weighted by atomic mass is 10.3. The summed E-state index contributed by atoms with van der Waals surface area (Å²) in [5, 5.41) is 14.6. The first kappa shape index (κ1) is 14.4. The Morgan fingerprint density at radius 2 is 1.77 bits per heavy atom. The molecule has 110 valence electrons. The van der Waals surface area contributed by atoms with Gasteiger partial charge in [0.25, 0.3) is 0 Å². The molecule has 1 N–H and O–H groups in total. The second kappa shape index (κ2) is 6.48. The lowest BCUT2D eigenvalue weighted by Crippen LogP contribution is -2.00. The summed E-state index contributed by atoms with van der Waals surface area (Å²) >= 11 is 3.38. The van der Waals surface area contributed by atoms with E-state index in [0.717, 1.165) is 10.2 Å². The molecule has 0 aliphatic rings. The Labute approximate surface area is 134 Å². The second-order valence-electron chi connectivity index (χ2n) is 4.41. The molecule has 2 aromatic carbocycles. The molecular weight excluding hydrogens is 349 g/mol. The van der Waals surface area contributed by atoms with E-state index in [1.807, 2.05) is 24.3 Å². The zero-order chi connectivity index (χ0) is 15.4.